The monoisotopic (exact) mass is 264 g/mol. The van der Waals surface area contributed by atoms with Gasteiger partial charge in [-0.3, -0.25) is 4.79 Å². The van der Waals surface area contributed by atoms with Gasteiger partial charge in [0.05, 0.1) is 12.2 Å². The molecule has 0 heterocycles. The summed E-state index contributed by atoms with van der Waals surface area (Å²) < 4.78 is 18.8. The van der Waals surface area contributed by atoms with Crippen LogP contribution in [-0.4, -0.2) is 18.4 Å². The molecule has 0 saturated carbocycles. The number of rotatable bonds is 5. The van der Waals surface area contributed by atoms with Gasteiger partial charge in [0.2, 0.25) is 5.78 Å². The largest absolute Gasteiger partial charge is 0.463 e. The van der Waals surface area contributed by atoms with Gasteiger partial charge in [-0.15, -0.1) is 0 Å². The predicted octanol–water partition coefficient (Wildman–Crippen LogP) is 3.37. The second-order valence-electron chi connectivity index (χ2n) is 4.06. The van der Waals surface area contributed by atoms with Crippen molar-refractivity contribution < 1.29 is 18.7 Å². The molecule has 3 nitrogen and oxygen atoms in total. The Kier molecular flexibility index (Phi) is 5.42. The molecule has 19 heavy (non-hydrogen) atoms. The number of allylic oxidation sites excluding steroid dienone is 1. The molecule has 1 aromatic carbocycles. The number of ether oxygens (including phenoxy) is 1. The molecule has 0 spiro atoms. The fourth-order valence-electron chi connectivity index (χ4n) is 1.58. The molecule has 0 N–H and O–H groups in total. The summed E-state index contributed by atoms with van der Waals surface area (Å²) in [5, 5.41) is 0. The first-order valence-electron chi connectivity index (χ1n) is 6.18. The van der Waals surface area contributed by atoms with E-state index in [9.17, 15) is 14.0 Å². The third-order valence-corrected chi connectivity index (χ3v) is 2.65. The van der Waals surface area contributed by atoms with Crippen LogP contribution >= 0.6 is 0 Å². The molecule has 0 aliphatic carbocycles. The smallest absolute Gasteiger partial charge is 0.337 e. The van der Waals surface area contributed by atoms with Crippen LogP contribution in [0.3, 0.4) is 0 Å². The number of hydrogen-bond acceptors (Lipinski definition) is 3. The Morgan fingerprint density at radius 2 is 1.74 bits per heavy atom. The third kappa shape index (κ3) is 3.74. The summed E-state index contributed by atoms with van der Waals surface area (Å²) in [5.74, 6) is -2.60. The number of aryl methyl sites for hydroxylation is 1. The summed E-state index contributed by atoms with van der Waals surface area (Å²) in [5.41, 5.74) is 0.979. The van der Waals surface area contributed by atoms with Crippen LogP contribution in [0, 0.1) is 6.92 Å². The molecule has 0 radical (unpaired) electrons. The molecule has 0 amide bonds. The molecule has 102 valence electrons. The fraction of sp³-hybridized carbons (Fsp3) is 0.333. The van der Waals surface area contributed by atoms with Gasteiger partial charge in [-0.05, 0) is 20.3 Å². The van der Waals surface area contributed by atoms with Crippen LogP contribution in [0.2, 0.25) is 0 Å². The highest BCUT2D eigenvalue weighted by molar-refractivity contribution is 6.11. The van der Waals surface area contributed by atoms with Gasteiger partial charge in [0.1, 0.15) is 0 Å². The maximum Gasteiger partial charge on any atom is 0.337 e. The van der Waals surface area contributed by atoms with Gasteiger partial charge in [-0.25, -0.2) is 9.18 Å². The SMILES string of the molecule is CCOC(=O)/C(CC)=C(/F)C(=O)c1ccc(C)cc1. The highest BCUT2D eigenvalue weighted by Crippen LogP contribution is 2.18. The number of carbonyl (C=O) groups is 2. The molecule has 4 heteroatoms. The topological polar surface area (TPSA) is 43.4 Å². The first-order chi connectivity index (χ1) is 9.01. The lowest BCUT2D eigenvalue weighted by molar-refractivity contribution is -0.138. The van der Waals surface area contributed by atoms with Crippen molar-refractivity contribution in [1.29, 1.82) is 0 Å². The summed E-state index contributed by atoms with van der Waals surface area (Å²) in [6, 6.07) is 6.51. The minimum absolute atomic E-state index is 0.113. The summed E-state index contributed by atoms with van der Waals surface area (Å²) >= 11 is 0. The molecule has 0 bridgehead atoms. The molecule has 0 unspecified atom stereocenters. The molecular formula is C15H17FO3. The number of hydrogen-bond donors (Lipinski definition) is 0. The molecule has 0 aromatic heterocycles. The normalized spacial score (nSPS) is 11.8. The summed E-state index contributed by atoms with van der Waals surface area (Å²) in [6.07, 6.45) is 0.113. The Morgan fingerprint density at radius 1 is 1.16 bits per heavy atom. The van der Waals surface area contributed by atoms with Crippen molar-refractivity contribution in [2.75, 3.05) is 6.61 Å². The summed E-state index contributed by atoms with van der Waals surface area (Å²) in [7, 11) is 0. The van der Waals surface area contributed by atoms with E-state index in [-0.39, 0.29) is 24.2 Å². The van der Waals surface area contributed by atoms with E-state index in [1.807, 2.05) is 6.92 Å². The van der Waals surface area contributed by atoms with E-state index in [1.54, 1.807) is 26.0 Å². The van der Waals surface area contributed by atoms with E-state index < -0.39 is 17.6 Å². The molecule has 1 rings (SSSR count). The Balaban J connectivity index is 3.07. The van der Waals surface area contributed by atoms with Gasteiger partial charge in [0, 0.05) is 5.56 Å². The second-order valence-corrected chi connectivity index (χ2v) is 4.06. The van der Waals surface area contributed by atoms with E-state index in [1.165, 1.54) is 12.1 Å². The highest BCUT2D eigenvalue weighted by atomic mass is 19.1. The first-order valence-corrected chi connectivity index (χ1v) is 6.18. The van der Waals surface area contributed by atoms with E-state index in [0.717, 1.165) is 5.56 Å². The summed E-state index contributed by atoms with van der Waals surface area (Å²) in [4.78, 5) is 23.5. The third-order valence-electron chi connectivity index (χ3n) is 2.65. The van der Waals surface area contributed by atoms with Gasteiger partial charge >= 0.3 is 5.97 Å². The van der Waals surface area contributed by atoms with Crippen LogP contribution in [0.15, 0.2) is 35.7 Å². The quantitative estimate of drug-likeness (QED) is 0.465. The average Bonchev–Trinajstić information content (AvgIpc) is 2.39. The molecule has 0 fully saturated rings. The molecule has 1 aromatic rings. The van der Waals surface area contributed by atoms with Gasteiger partial charge in [0.15, 0.2) is 5.83 Å². The van der Waals surface area contributed by atoms with Crippen LogP contribution in [0.5, 0.6) is 0 Å². The Labute approximate surface area is 112 Å². The fourth-order valence-corrected chi connectivity index (χ4v) is 1.58. The maximum absolute atomic E-state index is 14.1. The van der Waals surface area contributed by atoms with Crippen LogP contribution in [0.1, 0.15) is 36.2 Å². The number of Topliss-reactive ketones (excluding diaryl/α,β-unsaturated/α-hetero) is 1. The van der Waals surface area contributed by atoms with Crippen LogP contribution < -0.4 is 0 Å². The number of carbonyl (C=O) groups excluding carboxylic acids is 2. The Morgan fingerprint density at radius 3 is 2.21 bits per heavy atom. The van der Waals surface area contributed by atoms with Crippen molar-refractivity contribution >= 4 is 11.8 Å². The Hall–Kier alpha value is -1.97. The minimum Gasteiger partial charge on any atom is -0.463 e. The Bertz CT molecular complexity index is 501. The van der Waals surface area contributed by atoms with Crippen molar-refractivity contribution in [3.05, 3.63) is 46.8 Å². The lowest BCUT2D eigenvalue weighted by atomic mass is 10.0. The predicted molar refractivity (Wildman–Crippen MR) is 70.6 cm³/mol. The second kappa shape index (κ2) is 6.83. The number of esters is 1. The lowest BCUT2D eigenvalue weighted by Crippen LogP contribution is -2.12. The minimum atomic E-state index is -1.04. The van der Waals surface area contributed by atoms with Gasteiger partial charge in [0.25, 0.3) is 0 Å². The van der Waals surface area contributed by atoms with Crippen molar-refractivity contribution in [2.24, 2.45) is 0 Å². The molecule has 0 saturated heterocycles. The first kappa shape index (κ1) is 15.1. The summed E-state index contributed by atoms with van der Waals surface area (Å²) in [6.45, 7) is 5.25. The zero-order valence-corrected chi connectivity index (χ0v) is 11.3. The van der Waals surface area contributed by atoms with E-state index in [2.05, 4.69) is 0 Å². The van der Waals surface area contributed by atoms with E-state index in [4.69, 9.17) is 4.74 Å². The molecule has 0 atom stereocenters. The highest BCUT2D eigenvalue weighted by Gasteiger charge is 2.21. The van der Waals surface area contributed by atoms with Gasteiger partial charge in [-0.1, -0.05) is 36.8 Å². The van der Waals surface area contributed by atoms with Gasteiger partial charge < -0.3 is 4.74 Å². The van der Waals surface area contributed by atoms with E-state index >= 15 is 0 Å². The number of benzene rings is 1. The van der Waals surface area contributed by atoms with E-state index in [0.29, 0.717) is 0 Å². The van der Waals surface area contributed by atoms with Crippen molar-refractivity contribution in [1.82, 2.24) is 0 Å². The van der Waals surface area contributed by atoms with Crippen LogP contribution in [0.4, 0.5) is 4.39 Å². The lowest BCUT2D eigenvalue weighted by Gasteiger charge is -2.06. The number of halogens is 1. The molecule has 0 aliphatic heterocycles. The van der Waals surface area contributed by atoms with Crippen LogP contribution in [-0.2, 0) is 9.53 Å². The maximum atomic E-state index is 14.1. The number of ketones is 1. The molecular weight excluding hydrogens is 247 g/mol. The molecule has 0 aliphatic rings. The average molecular weight is 264 g/mol. The van der Waals surface area contributed by atoms with Crippen molar-refractivity contribution in [3.8, 4) is 0 Å². The standard InChI is InChI=1S/C15H17FO3/c1-4-12(15(18)19-5-2)13(16)14(17)11-8-6-10(3)7-9-11/h6-9H,4-5H2,1-3H3/b13-12+. The zero-order valence-electron chi connectivity index (χ0n) is 11.3. The van der Waals surface area contributed by atoms with Crippen molar-refractivity contribution in [3.63, 3.8) is 0 Å². The zero-order chi connectivity index (χ0) is 14.4. The van der Waals surface area contributed by atoms with Crippen LogP contribution in [0.25, 0.3) is 0 Å². The van der Waals surface area contributed by atoms with Crippen molar-refractivity contribution in [2.45, 2.75) is 27.2 Å². The van der Waals surface area contributed by atoms with Gasteiger partial charge in [-0.2, -0.15) is 0 Å².